The molecule has 1 aliphatic heterocycles. The fraction of sp³-hybridized carbons (Fsp3) is 0.643. The van der Waals surface area contributed by atoms with Crippen molar-refractivity contribution in [3.05, 3.63) is 16.9 Å². The third kappa shape index (κ3) is 3.11. The average molecular weight is 311 g/mol. The zero-order valence-electron chi connectivity index (χ0n) is 11.8. The van der Waals surface area contributed by atoms with Crippen LogP contribution < -0.4 is 10.2 Å². The van der Waals surface area contributed by atoms with E-state index < -0.39 is 0 Å². The highest BCUT2D eigenvalue weighted by atomic mass is 35.5. The number of aliphatic hydroxyl groups excluding tert-OH is 1. The Kier molecular flexibility index (Phi) is 3.99. The van der Waals surface area contributed by atoms with Crippen molar-refractivity contribution < 1.29 is 9.90 Å². The highest BCUT2D eigenvalue weighted by molar-refractivity contribution is 6.33. The maximum absolute atomic E-state index is 12.2. The Bertz CT molecular complexity index is 542. The second-order valence-electron chi connectivity index (χ2n) is 5.90. The standard InChI is InChI=1S/C14H19ClN4O2/c15-10-7-16-13(19-5-1-2-6-19)18-11(10)12(21)17-8-14(9-20)3-4-14/h7,20H,1-6,8-9H2,(H,17,21). The molecule has 2 heterocycles. The van der Waals surface area contributed by atoms with Crippen LogP contribution in [0.1, 0.15) is 36.2 Å². The molecule has 2 fully saturated rings. The summed E-state index contributed by atoms with van der Waals surface area (Å²) >= 11 is 6.04. The monoisotopic (exact) mass is 310 g/mol. The van der Waals surface area contributed by atoms with Crippen molar-refractivity contribution in [3.8, 4) is 0 Å². The number of hydrogen-bond acceptors (Lipinski definition) is 5. The SMILES string of the molecule is O=C(NCC1(CO)CC1)c1nc(N2CCCC2)ncc1Cl. The van der Waals surface area contributed by atoms with Crippen molar-refractivity contribution >= 4 is 23.5 Å². The van der Waals surface area contributed by atoms with Crippen molar-refractivity contribution in [2.75, 3.05) is 31.1 Å². The molecule has 114 valence electrons. The first kappa shape index (κ1) is 14.5. The van der Waals surface area contributed by atoms with Gasteiger partial charge in [-0.2, -0.15) is 0 Å². The lowest BCUT2D eigenvalue weighted by molar-refractivity contribution is 0.0930. The number of aromatic nitrogens is 2. The highest BCUT2D eigenvalue weighted by Crippen LogP contribution is 2.44. The molecule has 7 heteroatoms. The van der Waals surface area contributed by atoms with Gasteiger partial charge in [0, 0.05) is 25.0 Å². The third-order valence-electron chi connectivity index (χ3n) is 4.25. The van der Waals surface area contributed by atoms with Crippen LogP contribution in [0.25, 0.3) is 0 Å². The molecule has 1 aromatic rings. The van der Waals surface area contributed by atoms with E-state index in [-0.39, 0.29) is 28.6 Å². The van der Waals surface area contributed by atoms with Crippen molar-refractivity contribution in [2.24, 2.45) is 5.41 Å². The van der Waals surface area contributed by atoms with Crippen LogP contribution in [0.4, 0.5) is 5.95 Å². The smallest absolute Gasteiger partial charge is 0.271 e. The topological polar surface area (TPSA) is 78.3 Å². The molecule has 1 amide bonds. The van der Waals surface area contributed by atoms with E-state index in [0.29, 0.717) is 12.5 Å². The van der Waals surface area contributed by atoms with E-state index in [4.69, 9.17) is 11.6 Å². The first-order valence-electron chi connectivity index (χ1n) is 7.30. The fourth-order valence-electron chi connectivity index (χ4n) is 2.51. The molecule has 1 saturated heterocycles. The summed E-state index contributed by atoms with van der Waals surface area (Å²) in [5.74, 6) is 0.257. The van der Waals surface area contributed by atoms with Gasteiger partial charge in [0.15, 0.2) is 5.69 Å². The van der Waals surface area contributed by atoms with Crippen molar-refractivity contribution in [1.29, 1.82) is 0 Å². The summed E-state index contributed by atoms with van der Waals surface area (Å²) in [6, 6.07) is 0. The summed E-state index contributed by atoms with van der Waals surface area (Å²) in [4.78, 5) is 22.8. The Morgan fingerprint density at radius 1 is 1.43 bits per heavy atom. The molecule has 1 saturated carbocycles. The fourth-order valence-corrected chi connectivity index (χ4v) is 2.68. The molecule has 2 N–H and O–H groups in total. The van der Waals surface area contributed by atoms with Gasteiger partial charge in [0.2, 0.25) is 5.95 Å². The van der Waals surface area contributed by atoms with E-state index in [1.165, 1.54) is 6.20 Å². The molecule has 0 radical (unpaired) electrons. The van der Waals surface area contributed by atoms with E-state index in [1.54, 1.807) is 0 Å². The summed E-state index contributed by atoms with van der Waals surface area (Å²) in [6.07, 6.45) is 5.61. The minimum atomic E-state index is -0.303. The normalized spacial score (nSPS) is 19.6. The summed E-state index contributed by atoms with van der Waals surface area (Å²) < 4.78 is 0. The molecule has 1 aromatic heterocycles. The number of nitrogens with one attached hydrogen (secondary N) is 1. The molecule has 3 rings (SSSR count). The molecular formula is C14H19ClN4O2. The molecule has 6 nitrogen and oxygen atoms in total. The van der Waals surface area contributed by atoms with Crippen LogP contribution in [0, 0.1) is 5.41 Å². The Morgan fingerprint density at radius 3 is 2.76 bits per heavy atom. The lowest BCUT2D eigenvalue weighted by Gasteiger charge is -2.17. The predicted molar refractivity (Wildman–Crippen MR) is 79.6 cm³/mol. The molecule has 21 heavy (non-hydrogen) atoms. The number of carbonyl (C=O) groups excluding carboxylic acids is 1. The van der Waals surface area contributed by atoms with E-state index in [1.807, 2.05) is 0 Å². The lowest BCUT2D eigenvalue weighted by Crippen LogP contribution is -2.33. The average Bonchev–Trinajstić information content (AvgIpc) is 3.08. The van der Waals surface area contributed by atoms with E-state index in [9.17, 15) is 9.90 Å². The van der Waals surface area contributed by atoms with Crippen LogP contribution in [0.2, 0.25) is 5.02 Å². The number of rotatable bonds is 5. The number of halogens is 1. The van der Waals surface area contributed by atoms with E-state index in [0.717, 1.165) is 38.8 Å². The maximum Gasteiger partial charge on any atom is 0.271 e. The van der Waals surface area contributed by atoms with Crippen molar-refractivity contribution in [3.63, 3.8) is 0 Å². The van der Waals surface area contributed by atoms with Crippen LogP contribution in [0.3, 0.4) is 0 Å². The first-order valence-corrected chi connectivity index (χ1v) is 7.68. The second kappa shape index (κ2) is 5.77. The highest BCUT2D eigenvalue weighted by Gasteiger charge is 2.42. The zero-order valence-corrected chi connectivity index (χ0v) is 12.6. The minimum absolute atomic E-state index is 0.101. The summed E-state index contributed by atoms with van der Waals surface area (Å²) in [7, 11) is 0. The second-order valence-corrected chi connectivity index (χ2v) is 6.31. The third-order valence-corrected chi connectivity index (χ3v) is 4.53. The molecule has 1 aliphatic carbocycles. The van der Waals surface area contributed by atoms with E-state index >= 15 is 0 Å². The minimum Gasteiger partial charge on any atom is -0.396 e. The lowest BCUT2D eigenvalue weighted by atomic mass is 10.1. The number of aliphatic hydroxyl groups is 1. The number of carbonyl (C=O) groups is 1. The molecule has 0 aromatic carbocycles. The van der Waals surface area contributed by atoms with Crippen molar-refractivity contribution in [1.82, 2.24) is 15.3 Å². The molecule has 2 aliphatic rings. The van der Waals surface area contributed by atoms with Crippen LogP contribution in [-0.2, 0) is 0 Å². The molecular weight excluding hydrogens is 292 g/mol. The molecule has 0 unspecified atom stereocenters. The molecule has 0 atom stereocenters. The number of nitrogens with zero attached hydrogens (tertiary/aromatic N) is 3. The van der Waals surface area contributed by atoms with Gasteiger partial charge in [-0.25, -0.2) is 9.97 Å². The van der Waals surface area contributed by atoms with Gasteiger partial charge < -0.3 is 15.3 Å². The summed E-state index contributed by atoms with van der Waals surface area (Å²) in [5, 5.41) is 12.3. The van der Waals surface area contributed by atoms with Gasteiger partial charge in [-0.05, 0) is 25.7 Å². The predicted octanol–water partition coefficient (Wildman–Crippen LogP) is 1.23. The van der Waals surface area contributed by atoms with Gasteiger partial charge in [-0.15, -0.1) is 0 Å². The van der Waals surface area contributed by atoms with Gasteiger partial charge in [0.1, 0.15) is 0 Å². The Hall–Kier alpha value is -1.40. The number of hydrogen-bond donors (Lipinski definition) is 2. The first-order chi connectivity index (χ1) is 10.1. The van der Waals surface area contributed by atoms with E-state index in [2.05, 4.69) is 20.2 Å². The zero-order chi connectivity index (χ0) is 14.9. The summed E-state index contributed by atoms with van der Waals surface area (Å²) in [6.45, 7) is 2.39. The van der Waals surface area contributed by atoms with Crippen LogP contribution in [-0.4, -0.2) is 47.2 Å². The van der Waals surface area contributed by atoms with Gasteiger partial charge >= 0.3 is 0 Å². The largest absolute Gasteiger partial charge is 0.396 e. The maximum atomic E-state index is 12.2. The van der Waals surface area contributed by atoms with Gasteiger partial charge in [-0.3, -0.25) is 4.79 Å². The number of anilines is 1. The molecule has 0 bridgehead atoms. The quantitative estimate of drug-likeness (QED) is 0.855. The van der Waals surface area contributed by atoms with Crippen LogP contribution in [0.15, 0.2) is 6.20 Å². The van der Waals surface area contributed by atoms with Crippen LogP contribution >= 0.6 is 11.6 Å². The van der Waals surface area contributed by atoms with Gasteiger partial charge in [0.05, 0.1) is 17.8 Å². The Labute approximate surface area is 128 Å². The van der Waals surface area contributed by atoms with Crippen molar-refractivity contribution in [2.45, 2.75) is 25.7 Å². The van der Waals surface area contributed by atoms with Gasteiger partial charge in [-0.1, -0.05) is 11.6 Å². The Balaban J connectivity index is 1.70. The van der Waals surface area contributed by atoms with Crippen LogP contribution in [0.5, 0.6) is 0 Å². The Morgan fingerprint density at radius 2 is 2.14 bits per heavy atom. The molecule has 0 spiro atoms. The number of amides is 1. The summed E-state index contributed by atoms with van der Waals surface area (Å²) in [5.41, 5.74) is 0.0785. The van der Waals surface area contributed by atoms with Gasteiger partial charge in [0.25, 0.3) is 5.91 Å².